The summed E-state index contributed by atoms with van der Waals surface area (Å²) in [6, 6.07) is 0. The lowest BCUT2D eigenvalue weighted by atomic mass is 9.96. The van der Waals surface area contributed by atoms with Crippen LogP contribution in [0.15, 0.2) is 0 Å². The Morgan fingerprint density at radius 2 is 2.00 bits per heavy atom. The standard InChI is InChI=1S/C12H22N2O2S/c1-12(2,3)11(16)14-8-10(15)13-7-9-5-4-6-17-9/h9H,4-8H2,1-3H3,(H,13,15)(H,14,16)/t9-/m1/s1. The molecule has 0 saturated carbocycles. The molecule has 0 aromatic heterocycles. The van der Waals surface area contributed by atoms with Gasteiger partial charge in [0.25, 0.3) is 0 Å². The van der Waals surface area contributed by atoms with Gasteiger partial charge in [-0.1, -0.05) is 20.8 Å². The minimum absolute atomic E-state index is 0.0769. The van der Waals surface area contributed by atoms with Gasteiger partial charge in [0.05, 0.1) is 6.54 Å². The van der Waals surface area contributed by atoms with Crippen LogP contribution in [-0.2, 0) is 9.59 Å². The normalized spacial score (nSPS) is 20.1. The molecule has 98 valence electrons. The van der Waals surface area contributed by atoms with Crippen LogP contribution in [0.4, 0.5) is 0 Å². The van der Waals surface area contributed by atoms with Crippen LogP contribution in [0.25, 0.3) is 0 Å². The SMILES string of the molecule is CC(C)(C)C(=O)NCC(=O)NC[C@H]1CCCS1. The first-order chi connectivity index (χ1) is 7.89. The predicted molar refractivity (Wildman–Crippen MR) is 71.0 cm³/mol. The van der Waals surface area contributed by atoms with Crippen LogP contribution in [-0.4, -0.2) is 35.9 Å². The average molecular weight is 258 g/mol. The third-order valence-electron chi connectivity index (χ3n) is 2.64. The number of thioether (sulfide) groups is 1. The molecule has 1 atom stereocenters. The number of rotatable bonds is 4. The van der Waals surface area contributed by atoms with E-state index in [1.54, 1.807) is 0 Å². The van der Waals surface area contributed by atoms with Crippen LogP contribution in [0.2, 0.25) is 0 Å². The minimum atomic E-state index is -0.443. The van der Waals surface area contributed by atoms with E-state index in [2.05, 4.69) is 10.6 Å². The lowest BCUT2D eigenvalue weighted by molar-refractivity contribution is -0.131. The van der Waals surface area contributed by atoms with E-state index in [4.69, 9.17) is 0 Å². The van der Waals surface area contributed by atoms with Crippen molar-refractivity contribution in [2.24, 2.45) is 5.41 Å². The molecule has 4 nitrogen and oxygen atoms in total. The van der Waals surface area contributed by atoms with Crippen molar-refractivity contribution in [1.82, 2.24) is 10.6 Å². The van der Waals surface area contributed by atoms with E-state index in [1.165, 1.54) is 18.6 Å². The molecular formula is C12H22N2O2S. The zero-order chi connectivity index (χ0) is 12.9. The third kappa shape index (κ3) is 5.44. The maximum atomic E-state index is 11.5. The van der Waals surface area contributed by atoms with Crippen molar-refractivity contribution >= 4 is 23.6 Å². The zero-order valence-electron chi connectivity index (χ0n) is 10.8. The Hall–Kier alpha value is -0.710. The van der Waals surface area contributed by atoms with Gasteiger partial charge in [0.1, 0.15) is 0 Å². The summed E-state index contributed by atoms with van der Waals surface area (Å²) in [6.07, 6.45) is 2.42. The van der Waals surface area contributed by atoms with E-state index in [-0.39, 0.29) is 18.4 Å². The molecule has 0 unspecified atom stereocenters. The van der Waals surface area contributed by atoms with E-state index in [0.29, 0.717) is 5.25 Å². The summed E-state index contributed by atoms with van der Waals surface area (Å²) >= 11 is 1.91. The molecule has 2 N–H and O–H groups in total. The number of carbonyl (C=O) groups excluding carboxylic acids is 2. The van der Waals surface area contributed by atoms with Gasteiger partial charge in [-0.15, -0.1) is 0 Å². The second-order valence-corrected chi connectivity index (χ2v) is 6.78. The van der Waals surface area contributed by atoms with Gasteiger partial charge in [0.2, 0.25) is 11.8 Å². The van der Waals surface area contributed by atoms with Crippen LogP contribution in [0, 0.1) is 5.41 Å². The summed E-state index contributed by atoms with van der Waals surface area (Å²) < 4.78 is 0. The van der Waals surface area contributed by atoms with Crippen molar-refractivity contribution in [1.29, 1.82) is 0 Å². The van der Waals surface area contributed by atoms with Gasteiger partial charge in [0, 0.05) is 17.2 Å². The molecule has 0 aromatic rings. The summed E-state index contributed by atoms with van der Waals surface area (Å²) in [5, 5.41) is 6.05. The molecule has 2 amide bonds. The van der Waals surface area contributed by atoms with Crippen molar-refractivity contribution in [3.05, 3.63) is 0 Å². The highest BCUT2D eigenvalue weighted by Crippen LogP contribution is 2.25. The maximum Gasteiger partial charge on any atom is 0.239 e. The Balaban J connectivity index is 2.14. The van der Waals surface area contributed by atoms with Crippen molar-refractivity contribution < 1.29 is 9.59 Å². The summed E-state index contributed by atoms with van der Waals surface area (Å²) in [6.45, 7) is 6.28. The van der Waals surface area contributed by atoms with Crippen LogP contribution >= 0.6 is 11.8 Å². The second kappa shape index (κ2) is 6.28. The lowest BCUT2D eigenvalue weighted by Gasteiger charge is -2.17. The first kappa shape index (κ1) is 14.4. The summed E-state index contributed by atoms with van der Waals surface area (Å²) in [4.78, 5) is 23.0. The highest BCUT2D eigenvalue weighted by atomic mass is 32.2. The fourth-order valence-corrected chi connectivity index (χ4v) is 2.72. The number of amides is 2. The van der Waals surface area contributed by atoms with Gasteiger partial charge in [-0.05, 0) is 18.6 Å². The molecule has 0 bridgehead atoms. The molecule has 5 heteroatoms. The molecule has 1 fully saturated rings. The fourth-order valence-electron chi connectivity index (χ4n) is 1.52. The van der Waals surface area contributed by atoms with Crippen LogP contribution in [0.5, 0.6) is 0 Å². The van der Waals surface area contributed by atoms with Crippen molar-refractivity contribution in [3.8, 4) is 0 Å². The van der Waals surface area contributed by atoms with E-state index in [1.807, 2.05) is 32.5 Å². The average Bonchev–Trinajstić information content (AvgIpc) is 2.74. The molecule has 0 aliphatic carbocycles. The zero-order valence-corrected chi connectivity index (χ0v) is 11.7. The van der Waals surface area contributed by atoms with Gasteiger partial charge in [-0.3, -0.25) is 9.59 Å². The van der Waals surface area contributed by atoms with Crippen molar-refractivity contribution in [3.63, 3.8) is 0 Å². The van der Waals surface area contributed by atoms with Gasteiger partial charge < -0.3 is 10.6 Å². The van der Waals surface area contributed by atoms with Crippen LogP contribution in [0.1, 0.15) is 33.6 Å². The Labute approximate surface area is 107 Å². The molecule has 1 heterocycles. The Bertz CT molecular complexity index is 281. The monoisotopic (exact) mass is 258 g/mol. The first-order valence-electron chi connectivity index (χ1n) is 6.06. The summed E-state index contributed by atoms with van der Waals surface area (Å²) in [5.74, 6) is 0.999. The Morgan fingerprint density at radius 3 is 2.53 bits per heavy atom. The molecular weight excluding hydrogens is 236 g/mol. The largest absolute Gasteiger partial charge is 0.353 e. The number of hydrogen-bond acceptors (Lipinski definition) is 3. The van der Waals surface area contributed by atoms with Crippen molar-refractivity contribution in [2.75, 3.05) is 18.8 Å². The van der Waals surface area contributed by atoms with E-state index >= 15 is 0 Å². The highest BCUT2D eigenvalue weighted by Gasteiger charge is 2.21. The van der Waals surface area contributed by atoms with Crippen molar-refractivity contribution in [2.45, 2.75) is 38.9 Å². The molecule has 0 radical (unpaired) electrons. The number of nitrogens with one attached hydrogen (secondary N) is 2. The summed E-state index contributed by atoms with van der Waals surface area (Å²) in [5.41, 5.74) is -0.443. The van der Waals surface area contributed by atoms with Gasteiger partial charge >= 0.3 is 0 Å². The van der Waals surface area contributed by atoms with Crippen LogP contribution in [0.3, 0.4) is 0 Å². The fraction of sp³-hybridized carbons (Fsp3) is 0.833. The van der Waals surface area contributed by atoms with E-state index < -0.39 is 5.41 Å². The topological polar surface area (TPSA) is 58.2 Å². The molecule has 0 spiro atoms. The molecule has 1 rings (SSSR count). The molecule has 1 aliphatic heterocycles. The third-order valence-corrected chi connectivity index (χ3v) is 4.04. The highest BCUT2D eigenvalue weighted by molar-refractivity contribution is 8.00. The second-order valence-electron chi connectivity index (χ2n) is 5.37. The summed E-state index contributed by atoms with van der Waals surface area (Å²) in [7, 11) is 0. The van der Waals surface area contributed by atoms with E-state index in [9.17, 15) is 9.59 Å². The van der Waals surface area contributed by atoms with Crippen LogP contribution < -0.4 is 10.6 Å². The molecule has 0 aromatic carbocycles. The molecule has 1 saturated heterocycles. The quantitative estimate of drug-likeness (QED) is 0.795. The Morgan fingerprint density at radius 1 is 1.29 bits per heavy atom. The lowest BCUT2D eigenvalue weighted by Crippen LogP contribution is -2.42. The number of hydrogen-bond donors (Lipinski definition) is 2. The smallest absolute Gasteiger partial charge is 0.239 e. The molecule has 17 heavy (non-hydrogen) atoms. The van der Waals surface area contributed by atoms with Gasteiger partial charge in [-0.2, -0.15) is 11.8 Å². The first-order valence-corrected chi connectivity index (χ1v) is 7.11. The van der Waals surface area contributed by atoms with Gasteiger partial charge in [0.15, 0.2) is 0 Å². The Kier molecular flexibility index (Phi) is 5.31. The number of carbonyl (C=O) groups is 2. The molecule has 1 aliphatic rings. The minimum Gasteiger partial charge on any atom is -0.353 e. The van der Waals surface area contributed by atoms with Gasteiger partial charge in [-0.25, -0.2) is 0 Å². The van der Waals surface area contributed by atoms with E-state index in [0.717, 1.165) is 6.54 Å². The predicted octanol–water partition coefficient (Wildman–Crippen LogP) is 1.16. The maximum absolute atomic E-state index is 11.5.